The quantitative estimate of drug-likeness (QED) is 0.193. The molecule has 1 N–H and O–H groups in total. The molecule has 8 unspecified atom stereocenters. The number of carbonyl (C=O) groups excluding carboxylic acids is 3. The maximum absolute atomic E-state index is 14.3. The SMILES string of the molecule is C=CC.COC(=O)c1ccc(C2=CCC3(C)C(CCC4(C)C5CCC6(C(=O)NCCN(CC(C)=O)Cc7ccccc7)CCCC6C5CCC43)C2(C)C)cc1. The van der Waals surface area contributed by atoms with Crippen LogP contribution in [0.15, 0.2) is 73.3 Å². The van der Waals surface area contributed by atoms with Gasteiger partial charge in [0.1, 0.15) is 5.78 Å². The molecule has 0 heterocycles. The summed E-state index contributed by atoms with van der Waals surface area (Å²) in [5.41, 5.74) is 4.78. The highest BCUT2D eigenvalue weighted by Crippen LogP contribution is 2.73. The third-order valence-electron chi connectivity index (χ3n) is 15.6. The van der Waals surface area contributed by atoms with Gasteiger partial charge in [0, 0.05) is 19.6 Å². The van der Waals surface area contributed by atoms with Gasteiger partial charge in [-0.3, -0.25) is 14.5 Å². The molecule has 55 heavy (non-hydrogen) atoms. The third-order valence-corrected chi connectivity index (χ3v) is 15.6. The Balaban J connectivity index is 0.00000166. The van der Waals surface area contributed by atoms with Crippen molar-refractivity contribution in [2.45, 2.75) is 112 Å². The van der Waals surface area contributed by atoms with Gasteiger partial charge >= 0.3 is 5.97 Å². The zero-order chi connectivity index (χ0) is 39.6. The Kier molecular flexibility index (Phi) is 12.4. The molecule has 5 aliphatic carbocycles. The Bertz CT molecular complexity index is 1730. The van der Waals surface area contributed by atoms with E-state index < -0.39 is 0 Å². The van der Waals surface area contributed by atoms with Crippen LogP contribution in [0, 0.1) is 51.2 Å². The molecule has 2 aromatic carbocycles. The normalized spacial score (nSPS) is 32.9. The van der Waals surface area contributed by atoms with Crippen LogP contribution < -0.4 is 5.32 Å². The number of hydrogen-bond donors (Lipinski definition) is 1. The lowest BCUT2D eigenvalue weighted by Gasteiger charge is -2.68. The van der Waals surface area contributed by atoms with Crippen LogP contribution in [0.4, 0.5) is 0 Å². The largest absolute Gasteiger partial charge is 0.465 e. The van der Waals surface area contributed by atoms with E-state index in [0.29, 0.717) is 66.7 Å². The first kappa shape index (κ1) is 41.1. The molecular formula is C49H68N2O4. The van der Waals surface area contributed by atoms with E-state index in [0.717, 1.165) is 25.7 Å². The lowest BCUT2D eigenvalue weighted by atomic mass is 9.36. The van der Waals surface area contributed by atoms with Crippen LogP contribution >= 0.6 is 0 Å². The zero-order valence-electron chi connectivity index (χ0n) is 34.9. The molecule has 6 nitrogen and oxygen atoms in total. The van der Waals surface area contributed by atoms with E-state index in [1.165, 1.54) is 62.3 Å². The van der Waals surface area contributed by atoms with Crippen molar-refractivity contribution in [2.75, 3.05) is 26.7 Å². The maximum atomic E-state index is 14.3. The van der Waals surface area contributed by atoms with E-state index in [9.17, 15) is 14.4 Å². The van der Waals surface area contributed by atoms with Crippen LogP contribution in [0.3, 0.4) is 0 Å². The van der Waals surface area contributed by atoms with E-state index in [-0.39, 0.29) is 33.9 Å². The molecule has 0 saturated heterocycles. The number of allylic oxidation sites excluding steroid dienone is 3. The highest BCUT2D eigenvalue weighted by atomic mass is 16.5. The number of esters is 1. The number of benzene rings is 2. The first-order chi connectivity index (χ1) is 26.2. The maximum Gasteiger partial charge on any atom is 0.337 e. The zero-order valence-corrected chi connectivity index (χ0v) is 34.9. The molecular weight excluding hydrogens is 681 g/mol. The van der Waals surface area contributed by atoms with Gasteiger partial charge in [0.2, 0.25) is 5.91 Å². The molecule has 0 radical (unpaired) electrons. The number of ketones is 1. The number of hydrogen-bond acceptors (Lipinski definition) is 5. The first-order valence-corrected chi connectivity index (χ1v) is 21.3. The van der Waals surface area contributed by atoms with Crippen LogP contribution in [-0.2, 0) is 20.9 Å². The highest BCUT2D eigenvalue weighted by Gasteiger charge is 2.66. The molecule has 5 aliphatic rings. The molecule has 298 valence electrons. The fourth-order valence-electron chi connectivity index (χ4n) is 13.5. The summed E-state index contributed by atoms with van der Waals surface area (Å²) < 4.78 is 4.95. The van der Waals surface area contributed by atoms with Crippen LogP contribution in [0.5, 0.6) is 0 Å². The number of ether oxygens (including phenoxy) is 1. The lowest BCUT2D eigenvalue weighted by molar-refractivity contribution is -0.181. The predicted octanol–water partition coefficient (Wildman–Crippen LogP) is 10.3. The Morgan fingerprint density at radius 2 is 1.58 bits per heavy atom. The van der Waals surface area contributed by atoms with Gasteiger partial charge in [-0.2, -0.15) is 0 Å². The number of nitrogens with one attached hydrogen (secondary N) is 1. The number of methoxy groups -OCH3 is 1. The molecule has 0 aliphatic heterocycles. The monoisotopic (exact) mass is 749 g/mol. The van der Waals surface area contributed by atoms with Crippen molar-refractivity contribution in [3.63, 3.8) is 0 Å². The molecule has 0 bridgehead atoms. The summed E-state index contributed by atoms with van der Waals surface area (Å²) >= 11 is 0. The third kappa shape index (κ3) is 7.66. The van der Waals surface area contributed by atoms with Gasteiger partial charge in [0.25, 0.3) is 0 Å². The van der Waals surface area contributed by atoms with Crippen molar-refractivity contribution in [1.82, 2.24) is 10.2 Å². The van der Waals surface area contributed by atoms with Gasteiger partial charge in [0.05, 0.1) is 24.6 Å². The van der Waals surface area contributed by atoms with E-state index in [2.05, 4.69) is 74.8 Å². The lowest BCUT2D eigenvalue weighted by Crippen LogP contribution is -2.62. The summed E-state index contributed by atoms with van der Waals surface area (Å²) in [6, 6.07) is 18.3. The topological polar surface area (TPSA) is 75.7 Å². The molecule has 0 spiro atoms. The molecule has 1 amide bonds. The van der Waals surface area contributed by atoms with E-state index in [4.69, 9.17) is 4.74 Å². The van der Waals surface area contributed by atoms with E-state index in [1.54, 1.807) is 13.0 Å². The summed E-state index contributed by atoms with van der Waals surface area (Å²) in [4.78, 5) is 40.7. The van der Waals surface area contributed by atoms with Crippen LogP contribution in [-0.4, -0.2) is 49.3 Å². The number of Topliss-reactive ketones (excluding diaryl/α,β-unsaturated/α-hetero) is 1. The minimum Gasteiger partial charge on any atom is -0.465 e. The number of fused-ring (bicyclic) bond motifs is 7. The van der Waals surface area contributed by atoms with Crippen molar-refractivity contribution in [1.29, 1.82) is 0 Å². The Morgan fingerprint density at radius 1 is 0.873 bits per heavy atom. The summed E-state index contributed by atoms with van der Waals surface area (Å²) in [7, 11) is 1.44. The molecule has 8 atom stereocenters. The number of nitrogens with zero attached hydrogens (tertiary/aromatic N) is 1. The molecule has 2 aromatic rings. The van der Waals surface area contributed by atoms with Crippen molar-refractivity contribution >= 4 is 23.2 Å². The number of amides is 1. The van der Waals surface area contributed by atoms with Crippen molar-refractivity contribution in [2.24, 2.45) is 51.2 Å². The van der Waals surface area contributed by atoms with Crippen LogP contribution in [0.1, 0.15) is 127 Å². The number of carbonyl (C=O) groups is 3. The predicted molar refractivity (Wildman–Crippen MR) is 223 cm³/mol. The van der Waals surface area contributed by atoms with Crippen LogP contribution in [0.2, 0.25) is 0 Å². The smallest absolute Gasteiger partial charge is 0.337 e. The minimum absolute atomic E-state index is 0.0321. The molecule has 4 fully saturated rings. The molecule has 4 saturated carbocycles. The summed E-state index contributed by atoms with van der Waals surface area (Å²) in [5.74, 6) is 3.22. The number of rotatable bonds is 10. The minimum atomic E-state index is -0.289. The van der Waals surface area contributed by atoms with Gasteiger partial charge in [-0.1, -0.05) is 88.7 Å². The van der Waals surface area contributed by atoms with E-state index >= 15 is 0 Å². The molecule has 0 aromatic heterocycles. The highest BCUT2D eigenvalue weighted by molar-refractivity contribution is 5.90. The van der Waals surface area contributed by atoms with E-state index in [1.807, 2.05) is 37.3 Å². The Morgan fingerprint density at radius 3 is 2.25 bits per heavy atom. The van der Waals surface area contributed by atoms with Gasteiger partial charge in [-0.15, -0.1) is 6.58 Å². The fraction of sp³-hybridized carbons (Fsp3) is 0.612. The summed E-state index contributed by atoms with van der Waals surface area (Å²) in [6.45, 7) is 19.5. The molecule has 7 rings (SSSR count). The Hall–Kier alpha value is -3.51. The second-order valence-corrected chi connectivity index (χ2v) is 18.9. The van der Waals surface area contributed by atoms with Crippen LogP contribution in [0.25, 0.3) is 5.57 Å². The van der Waals surface area contributed by atoms with Crippen molar-refractivity contribution in [3.05, 3.63) is 90.0 Å². The van der Waals surface area contributed by atoms with Gasteiger partial charge < -0.3 is 10.1 Å². The van der Waals surface area contributed by atoms with Crippen molar-refractivity contribution in [3.8, 4) is 0 Å². The van der Waals surface area contributed by atoms with Gasteiger partial charge in [-0.05, 0) is 146 Å². The van der Waals surface area contributed by atoms with Crippen molar-refractivity contribution < 1.29 is 19.1 Å². The summed E-state index contributed by atoms with van der Waals surface area (Å²) in [5, 5.41) is 3.43. The first-order valence-electron chi connectivity index (χ1n) is 21.3. The Labute approximate surface area is 331 Å². The fourth-order valence-corrected chi connectivity index (χ4v) is 13.5. The second-order valence-electron chi connectivity index (χ2n) is 18.9. The summed E-state index contributed by atoms with van der Waals surface area (Å²) in [6.07, 6.45) is 16.0. The average Bonchev–Trinajstić information content (AvgIpc) is 3.61. The van der Waals surface area contributed by atoms with Gasteiger partial charge in [0.15, 0.2) is 0 Å². The second kappa shape index (κ2) is 16.5. The average molecular weight is 749 g/mol. The molecule has 6 heteroatoms. The van der Waals surface area contributed by atoms with Gasteiger partial charge in [-0.25, -0.2) is 4.79 Å². The standard InChI is InChI=1S/C46H62N2O4.C3H6/c1-31(49)29-48(30-32-11-8-7-9-12-32)28-27-47-42(51)46-23-10-13-38(46)35-18-19-40-44(4,37(35)21-26-46)25-22-39-43(2,3)36(20-24-45(39,40)5)33-14-16-34(17-15-33)41(50)52-6;1-3-2/h7-9,11-12,14-17,20,35,37-40H,10,13,18-19,21-30H2,1-6H3,(H,47,51);3H,1H2,2H3.